The third kappa shape index (κ3) is 2.04. The first-order valence-electron chi connectivity index (χ1n) is 5.88. The molecule has 3 rings (SSSR count). The SMILES string of the molecule is COc1cccc(-c2cc3cc(C#N)ccc3o2)c1. The van der Waals surface area contributed by atoms with Crippen LogP contribution in [0.3, 0.4) is 0 Å². The zero-order valence-corrected chi connectivity index (χ0v) is 10.4. The lowest BCUT2D eigenvalue weighted by Crippen LogP contribution is -1.82. The first-order valence-corrected chi connectivity index (χ1v) is 5.88. The summed E-state index contributed by atoms with van der Waals surface area (Å²) in [5, 5.41) is 9.82. The standard InChI is InChI=1S/C16H11NO2/c1-18-14-4-2-3-12(8-14)16-9-13-7-11(10-17)5-6-15(13)19-16/h2-9H,1H3. The number of nitrogens with zero attached hydrogens (tertiary/aromatic N) is 1. The molecule has 0 spiro atoms. The topological polar surface area (TPSA) is 46.2 Å². The van der Waals surface area contributed by atoms with Crippen LogP contribution >= 0.6 is 0 Å². The van der Waals surface area contributed by atoms with E-state index in [1.807, 2.05) is 42.5 Å². The molecule has 0 unspecified atom stereocenters. The number of furan rings is 1. The van der Waals surface area contributed by atoms with Gasteiger partial charge in [-0.2, -0.15) is 5.26 Å². The molecule has 0 bridgehead atoms. The number of ether oxygens (including phenoxy) is 1. The summed E-state index contributed by atoms with van der Waals surface area (Å²) < 4.78 is 11.0. The molecule has 1 heterocycles. The van der Waals surface area contributed by atoms with Crippen LogP contribution in [0.1, 0.15) is 5.56 Å². The lowest BCUT2D eigenvalue weighted by Gasteiger charge is -2.01. The van der Waals surface area contributed by atoms with Crippen molar-refractivity contribution in [3.63, 3.8) is 0 Å². The van der Waals surface area contributed by atoms with Crippen LogP contribution in [0, 0.1) is 11.3 Å². The second-order valence-corrected chi connectivity index (χ2v) is 4.21. The lowest BCUT2D eigenvalue weighted by atomic mass is 10.1. The Labute approximate surface area is 110 Å². The van der Waals surface area contributed by atoms with E-state index < -0.39 is 0 Å². The van der Waals surface area contributed by atoms with Gasteiger partial charge in [0, 0.05) is 10.9 Å². The van der Waals surface area contributed by atoms with Crippen molar-refractivity contribution in [1.82, 2.24) is 0 Å². The van der Waals surface area contributed by atoms with Crippen LogP contribution in [0.4, 0.5) is 0 Å². The molecule has 3 nitrogen and oxygen atoms in total. The quantitative estimate of drug-likeness (QED) is 0.690. The minimum atomic E-state index is 0.630. The Morgan fingerprint density at radius 1 is 1.11 bits per heavy atom. The van der Waals surface area contributed by atoms with Crippen LogP contribution in [0.15, 0.2) is 52.9 Å². The summed E-state index contributed by atoms with van der Waals surface area (Å²) in [5.74, 6) is 1.56. The molecule has 0 aliphatic heterocycles. The average Bonchev–Trinajstić information content (AvgIpc) is 2.90. The van der Waals surface area contributed by atoms with Crippen LogP contribution in [0.5, 0.6) is 5.75 Å². The van der Waals surface area contributed by atoms with Gasteiger partial charge in [-0.25, -0.2) is 0 Å². The molecule has 0 atom stereocenters. The maximum Gasteiger partial charge on any atom is 0.135 e. The molecule has 0 N–H and O–H groups in total. The molecule has 1 aromatic heterocycles. The molecule has 3 heteroatoms. The van der Waals surface area contributed by atoms with Gasteiger partial charge in [0.05, 0.1) is 18.7 Å². The number of rotatable bonds is 2. The lowest BCUT2D eigenvalue weighted by molar-refractivity contribution is 0.415. The largest absolute Gasteiger partial charge is 0.497 e. The van der Waals surface area contributed by atoms with E-state index in [9.17, 15) is 0 Å². The highest BCUT2D eigenvalue weighted by atomic mass is 16.5. The zero-order valence-electron chi connectivity index (χ0n) is 10.4. The molecule has 2 aromatic carbocycles. The van der Waals surface area contributed by atoms with E-state index >= 15 is 0 Å². The molecule has 0 aliphatic rings. The maximum atomic E-state index is 8.89. The van der Waals surface area contributed by atoms with Crippen molar-refractivity contribution < 1.29 is 9.15 Å². The van der Waals surface area contributed by atoms with Crippen LogP contribution in [0.25, 0.3) is 22.3 Å². The Hall–Kier alpha value is -2.73. The van der Waals surface area contributed by atoms with Gasteiger partial charge < -0.3 is 9.15 Å². The van der Waals surface area contributed by atoms with Crippen molar-refractivity contribution in [3.8, 4) is 23.1 Å². The van der Waals surface area contributed by atoms with E-state index in [4.69, 9.17) is 14.4 Å². The van der Waals surface area contributed by atoms with Crippen molar-refractivity contribution in [3.05, 3.63) is 54.1 Å². The predicted octanol–water partition coefficient (Wildman–Crippen LogP) is 3.98. The normalized spacial score (nSPS) is 10.3. The molecule has 92 valence electrons. The van der Waals surface area contributed by atoms with Gasteiger partial charge in [0.25, 0.3) is 0 Å². The number of hydrogen-bond donors (Lipinski definition) is 0. The average molecular weight is 249 g/mol. The summed E-state index contributed by atoms with van der Waals surface area (Å²) in [6.07, 6.45) is 0. The van der Waals surface area contributed by atoms with Gasteiger partial charge in [-0.05, 0) is 36.4 Å². The number of methoxy groups -OCH3 is 1. The van der Waals surface area contributed by atoms with Crippen molar-refractivity contribution in [2.45, 2.75) is 0 Å². The fourth-order valence-electron chi connectivity index (χ4n) is 2.03. The summed E-state index contributed by atoms with van der Waals surface area (Å²) in [6.45, 7) is 0. The van der Waals surface area contributed by atoms with Crippen LogP contribution in [-0.4, -0.2) is 7.11 Å². The molecule has 0 aliphatic carbocycles. The smallest absolute Gasteiger partial charge is 0.135 e. The van der Waals surface area contributed by atoms with E-state index in [0.717, 1.165) is 28.0 Å². The van der Waals surface area contributed by atoms with Crippen molar-refractivity contribution >= 4 is 11.0 Å². The van der Waals surface area contributed by atoms with E-state index in [1.165, 1.54) is 0 Å². The molecule has 0 amide bonds. The molecule has 0 saturated heterocycles. The molecule has 0 saturated carbocycles. The number of nitriles is 1. The first-order chi connectivity index (χ1) is 9.30. The summed E-state index contributed by atoms with van der Waals surface area (Å²) in [7, 11) is 1.64. The second kappa shape index (κ2) is 4.51. The minimum absolute atomic E-state index is 0.630. The molecular weight excluding hydrogens is 238 g/mol. The summed E-state index contributed by atoms with van der Waals surface area (Å²) in [5.41, 5.74) is 2.36. The fraction of sp³-hybridized carbons (Fsp3) is 0.0625. The number of fused-ring (bicyclic) bond motifs is 1. The van der Waals surface area contributed by atoms with Gasteiger partial charge in [-0.15, -0.1) is 0 Å². The third-order valence-corrected chi connectivity index (χ3v) is 3.00. The summed E-state index contributed by atoms with van der Waals surface area (Å²) >= 11 is 0. The molecular formula is C16H11NO2. The highest BCUT2D eigenvalue weighted by Gasteiger charge is 2.07. The highest BCUT2D eigenvalue weighted by Crippen LogP contribution is 2.30. The molecule has 19 heavy (non-hydrogen) atoms. The van der Waals surface area contributed by atoms with Crippen LogP contribution in [-0.2, 0) is 0 Å². The van der Waals surface area contributed by atoms with Crippen molar-refractivity contribution in [2.75, 3.05) is 7.11 Å². The molecule has 0 fully saturated rings. The predicted molar refractivity (Wildman–Crippen MR) is 72.9 cm³/mol. The third-order valence-electron chi connectivity index (χ3n) is 3.00. The monoisotopic (exact) mass is 249 g/mol. The molecule has 0 radical (unpaired) electrons. The van der Waals surface area contributed by atoms with Gasteiger partial charge in [0.2, 0.25) is 0 Å². The Balaban J connectivity index is 2.12. The molecule has 3 aromatic rings. The minimum Gasteiger partial charge on any atom is -0.497 e. The van der Waals surface area contributed by atoms with E-state index in [-0.39, 0.29) is 0 Å². The van der Waals surface area contributed by atoms with E-state index in [1.54, 1.807) is 13.2 Å². The zero-order chi connectivity index (χ0) is 13.2. The van der Waals surface area contributed by atoms with Gasteiger partial charge in [-0.1, -0.05) is 12.1 Å². The maximum absolute atomic E-state index is 8.89. The van der Waals surface area contributed by atoms with Gasteiger partial charge in [0.1, 0.15) is 17.1 Å². The Morgan fingerprint density at radius 3 is 2.79 bits per heavy atom. The highest BCUT2D eigenvalue weighted by molar-refractivity contribution is 5.84. The van der Waals surface area contributed by atoms with Crippen molar-refractivity contribution in [1.29, 1.82) is 5.26 Å². The summed E-state index contributed by atoms with van der Waals surface area (Å²) in [4.78, 5) is 0. The Kier molecular flexibility index (Phi) is 2.70. The summed E-state index contributed by atoms with van der Waals surface area (Å²) in [6, 6.07) is 17.1. The van der Waals surface area contributed by atoms with Crippen molar-refractivity contribution in [2.24, 2.45) is 0 Å². The van der Waals surface area contributed by atoms with Gasteiger partial charge in [0.15, 0.2) is 0 Å². The van der Waals surface area contributed by atoms with Crippen LogP contribution in [0.2, 0.25) is 0 Å². The Morgan fingerprint density at radius 2 is 2.00 bits per heavy atom. The number of hydrogen-bond acceptors (Lipinski definition) is 3. The Bertz CT molecular complexity index is 781. The van der Waals surface area contributed by atoms with E-state index in [2.05, 4.69) is 6.07 Å². The first kappa shape index (κ1) is 11.4. The second-order valence-electron chi connectivity index (χ2n) is 4.21. The van der Waals surface area contributed by atoms with Crippen LogP contribution < -0.4 is 4.74 Å². The van der Waals surface area contributed by atoms with Gasteiger partial charge >= 0.3 is 0 Å². The fourth-order valence-corrected chi connectivity index (χ4v) is 2.03. The van der Waals surface area contributed by atoms with Gasteiger partial charge in [-0.3, -0.25) is 0 Å². The number of benzene rings is 2. The van der Waals surface area contributed by atoms with E-state index in [0.29, 0.717) is 5.56 Å².